The molecule has 6 nitrogen and oxygen atoms in total. The highest BCUT2D eigenvalue weighted by Crippen LogP contribution is 2.35. The molecular weight excluding hydrogens is 508 g/mol. The Bertz CT molecular complexity index is 1320. The van der Waals surface area contributed by atoms with Crippen LogP contribution in [0.25, 0.3) is 0 Å². The van der Waals surface area contributed by atoms with Crippen molar-refractivity contribution in [3.8, 4) is 0 Å². The van der Waals surface area contributed by atoms with Gasteiger partial charge in [0.2, 0.25) is 0 Å². The van der Waals surface area contributed by atoms with E-state index in [0.717, 1.165) is 15.7 Å². The topological polar surface area (TPSA) is 92.8 Å². The average molecular weight is 533 g/mol. The van der Waals surface area contributed by atoms with Gasteiger partial charge < -0.3 is 9.63 Å². The number of aryl methyl sites for hydroxylation is 1. The van der Waals surface area contributed by atoms with Crippen LogP contribution in [-0.2, 0) is 17.6 Å². The fraction of sp³-hybridized carbons (Fsp3) is 0.286. The third kappa shape index (κ3) is 5.05. The van der Waals surface area contributed by atoms with E-state index in [-0.39, 0.29) is 29.7 Å². The van der Waals surface area contributed by atoms with Gasteiger partial charge in [0.25, 0.3) is 0 Å². The molecule has 0 amide bonds. The maximum Gasteiger partial charge on any atom is 0.168 e. The van der Waals surface area contributed by atoms with Crippen LogP contribution >= 0.6 is 15.9 Å². The Balaban J connectivity index is 1.36. The van der Waals surface area contributed by atoms with Crippen molar-refractivity contribution in [1.29, 1.82) is 0 Å². The number of aliphatic hydroxyl groups is 1. The van der Waals surface area contributed by atoms with E-state index >= 15 is 0 Å². The molecular formula is C28H25BrN2O4. The summed E-state index contributed by atoms with van der Waals surface area (Å²) in [5.41, 5.74) is 3.82. The predicted octanol–water partition coefficient (Wildman–Crippen LogP) is 6.62. The van der Waals surface area contributed by atoms with Crippen LogP contribution in [-0.4, -0.2) is 27.5 Å². The fourth-order valence-corrected chi connectivity index (χ4v) is 5.14. The summed E-state index contributed by atoms with van der Waals surface area (Å²) in [6.07, 6.45) is 3.24. The molecule has 0 spiro atoms. The van der Waals surface area contributed by atoms with E-state index in [4.69, 9.17) is 4.52 Å². The number of allylic oxidation sites excluding steroid dienone is 2. The first-order chi connectivity index (χ1) is 17.0. The molecule has 2 aliphatic carbocycles. The first kappa shape index (κ1) is 23.4. The Morgan fingerprint density at radius 1 is 1.03 bits per heavy atom. The van der Waals surface area contributed by atoms with Crippen molar-refractivity contribution in [2.24, 2.45) is 4.99 Å². The molecule has 0 bridgehead atoms. The number of rotatable bonds is 5. The van der Waals surface area contributed by atoms with E-state index in [2.05, 4.69) is 26.1 Å². The summed E-state index contributed by atoms with van der Waals surface area (Å²) in [7, 11) is 0. The molecule has 0 radical (unpaired) electrons. The van der Waals surface area contributed by atoms with Crippen molar-refractivity contribution < 1.29 is 19.2 Å². The van der Waals surface area contributed by atoms with E-state index in [9.17, 15) is 14.7 Å². The summed E-state index contributed by atoms with van der Waals surface area (Å²) < 4.78 is 6.50. The summed E-state index contributed by atoms with van der Waals surface area (Å²) in [6, 6.07) is 17.5. The molecule has 7 heteroatoms. The summed E-state index contributed by atoms with van der Waals surface area (Å²) >= 11 is 3.41. The molecule has 1 aromatic heterocycles. The fourth-order valence-electron chi connectivity index (χ4n) is 4.87. The largest absolute Gasteiger partial charge is 0.511 e. The number of halogens is 1. The number of hydrogen-bond donors (Lipinski definition) is 1. The zero-order valence-electron chi connectivity index (χ0n) is 19.2. The number of benzene rings is 2. The van der Waals surface area contributed by atoms with Crippen LogP contribution in [0.1, 0.15) is 65.4 Å². The Morgan fingerprint density at radius 2 is 1.80 bits per heavy atom. The van der Waals surface area contributed by atoms with Crippen molar-refractivity contribution in [2.75, 3.05) is 0 Å². The lowest BCUT2D eigenvalue weighted by Crippen LogP contribution is -2.21. The number of nitrogens with zero attached hydrogens (tertiary/aromatic N) is 2. The number of hydrogen-bond acceptors (Lipinski definition) is 6. The number of aliphatic hydroxyl groups excluding tert-OH is 1. The standard InChI is InChI=1S/C28H25BrN2O4/c29-19-9-11-20(12-10-19)30-21-7-4-8-23(32)27(21)24(33)14-13-22-28-25(34)15-18(16-26(28)35-31-22)17-5-2-1-3-6-17/h1-3,5-6,9-12,18,33H,4,7-8,13-16H2. The van der Waals surface area contributed by atoms with E-state index < -0.39 is 0 Å². The van der Waals surface area contributed by atoms with Crippen molar-refractivity contribution in [3.63, 3.8) is 0 Å². The van der Waals surface area contributed by atoms with Crippen molar-refractivity contribution in [1.82, 2.24) is 5.16 Å². The van der Waals surface area contributed by atoms with Gasteiger partial charge in [0, 0.05) is 36.6 Å². The molecule has 1 N–H and O–H groups in total. The minimum atomic E-state index is -0.103. The van der Waals surface area contributed by atoms with Gasteiger partial charge in [-0.15, -0.1) is 0 Å². The van der Waals surface area contributed by atoms with Crippen LogP contribution in [0.2, 0.25) is 0 Å². The molecule has 2 aliphatic rings. The Labute approximate surface area is 211 Å². The predicted molar refractivity (Wildman–Crippen MR) is 136 cm³/mol. The van der Waals surface area contributed by atoms with E-state index in [0.29, 0.717) is 66.8 Å². The third-order valence-electron chi connectivity index (χ3n) is 6.61. The van der Waals surface area contributed by atoms with Crippen molar-refractivity contribution >= 4 is 38.9 Å². The van der Waals surface area contributed by atoms with Gasteiger partial charge >= 0.3 is 0 Å². The maximum absolute atomic E-state index is 13.0. The molecule has 178 valence electrons. The highest BCUT2D eigenvalue weighted by Gasteiger charge is 2.33. The Morgan fingerprint density at radius 3 is 2.57 bits per heavy atom. The number of aliphatic imine (C=N–C) groups is 1. The van der Waals surface area contributed by atoms with E-state index in [1.807, 2.05) is 54.6 Å². The highest BCUT2D eigenvalue weighted by atomic mass is 79.9. The van der Waals surface area contributed by atoms with Crippen LogP contribution < -0.4 is 0 Å². The number of carbonyl (C=O) groups excluding carboxylic acids is 2. The van der Waals surface area contributed by atoms with Gasteiger partial charge in [-0.3, -0.25) is 14.6 Å². The molecule has 0 saturated heterocycles. The zero-order chi connectivity index (χ0) is 24.4. The van der Waals surface area contributed by atoms with Crippen LogP contribution in [0.3, 0.4) is 0 Å². The summed E-state index contributed by atoms with van der Waals surface area (Å²) in [5.74, 6) is 0.573. The maximum atomic E-state index is 13.0. The SMILES string of the molecule is O=C1CCCC(=Nc2ccc(Br)cc2)C1=C(O)CCc1noc2c1C(=O)CC(c1ccccc1)C2. The van der Waals surface area contributed by atoms with Gasteiger partial charge in [0.05, 0.1) is 28.2 Å². The van der Waals surface area contributed by atoms with Crippen molar-refractivity contribution in [3.05, 3.63) is 93.0 Å². The molecule has 1 atom stereocenters. The number of fused-ring (bicyclic) bond motifs is 1. The lowest BCUT2D eigenvalue weighted by Gasteiger charge is -2.20. The van der Waals surface area contributed by atoms with Gasteiger partial charge in [-0.25, -0.2) is 0 Å². The third-order valence-corrected chi connectivity index (χ3v) is 7.14. The number of Topliss-reactive ketones (excluding diaryl/α,β-unsaturated/α-hetero) is 2. The molecule has 35 heavy (non-hydrogen) atoms. The second-order valence-corrected chi connectivity index (χ2v) is 9.92. The van der Waals surface area contributed by atoms with E-state index in [1.54, 1.807) is 0 Å². The van der Waals surface area contributed by atoms with Gasteiger partial charge in [0.15, 0.2) is 11.6 Å². The van der Waals surface area contributed by atoms with Gasteiger partial charge in [0.1, 0.15) is 11.5 Å². The van der Waals surface area contributed by atoms with Crippen molar-refractivity contribution in [2.45, 2.75) is 50.9 Å². The molecule has 1 unspecified atom stereocenters. The zero-order valence-corrected chi connectivity index (χ0v) is 20.8. The smallest absolute Gasteiger partial charge is 0.168 e. The summed E-state index contributed by atoms with van der Waals surface area (Å²) in [5, 5.41) is 15.1. The molecule has 2 aromatic carbocycles. The van der Waals surface area contributed by atoms with E-state index in [1.165, 1.54) is 0 Å². The minimum Gasteiger partial charge on any atom is -0.511 e. The Kier molecular flexibility index (Phi) is 6.77. The highest BCUT2D eigenvalue weighted by molar-refractivity contribution is 9.10. The second-order valence-electron chi connectivity index (χ2n) is 9.00. The number of ketones is 2. The number of carbonyl (C=O) groups is 2. The normalized spacial score (nSPS) is 20.7. The van der Waals surface area contributed by atoms with Crippen LogP contribution in [0, 0.1) is 0 Å². The first-order valence-corrected chi connectivity index (χ1v) is 12.6. The van der Waals surface area contributed by atoms with Gasteiger partial charge in [-0.1, -0.05) is 51.4 Å². The van der Waals surface area contributed by atoms with Crippen LogP contribution in [0.15, 0.2) is 79.9 Å². The molecule has 1 fully saturated rings. The first-order valence-electron chi connectivity index (χ1n) is 11.8. The molecule has 5 rings (SSSR count). The molecule has 3 aromatic rings. The van der Waals surface area contributed by atoms with Gasteiger partial charge in [-0.05, 0) is 48.6 Å². The molecule has 1 heterocycles. The van der Waals surface area contributed by atoms with Gasteiger partial charge in [-0.2, -0.15) is 0 Å². The average Bonchev–Trinajstić information content (AvgIpc) is 3.28. The minimum absolute atomic E-state index is 0.00673. The monoisotopic (exact) mass is 532 g/mol. The number of aromatic nitrogens is 1. The van der Waals surface area contributed by atoms with Crippen LogP contribution in [0.4, 0.5) is 5.69 Å². The Hall–Kier alpha value is -3.32. The second kappa shape index (κ2) is 10.1. The lowest BCUT2D eigenvalue weighted by molar-refractivity contribution is -0.115. The lowest BCUT2D eigenvalue weighted by atomic mass is 9.81. The van der Waals surface area contributed by atoms with Crippen LogP contribution in [0.5, 0.6) is 0 Å². The summed E-state index contributed by atoms with van der Waals surface area (Å²) in [6.45, 7) is 0. The summed E-state index contributed by atoms with van der Waals surface area (Å²) in [4.78, 5) is 30.3. The molecule has 1 saturated carbocycles. The molecule has 0 aliphatic heterocycles. The quantitative estimate of drug-likeness (QED) is 0.294.